The van der Waals surface area contributed by atoms with Crippen LogP contribution in [0.2, 0.25) is 0 Å². The highest BCUT2D eigenvalue weighted by atomic mass is 28.1. The molecule has 0 fully saturated rings. The third kappa shape index (κ3) is 2.44. The van der Waals surface area contributed by atoms with Crippen LogP contribution in [0.25, 0.3) is 0 Å². The minimum absolute atomic E-state index is 0. The van der Waals surface area contributed by atoms with Crippen LogP contribution in [-0.4, -0.2) is 16.1 Å². The number of hydrogen-bond acceptors (Lipinski definition) is 1. The van der Waals surface area contributed by atoms with Gasteiger partial charge in [0.25, 0.3) is 0 Å². The van der Waals surface area contributed by atoms with Crippen LogP contribution < -0.4 is 0 Å². The van der Waals surface area contributed by atoms with E-state index in [0.717, 1.165) is 5.56 Å². The van der Waals surface area contributed by atoms with Crippen LogP contribution >= 0.6 is 0 Å². The first-order chi connectivity index (χ1) is 3.93. The Labute approximate surface area is 59.4 Å². The van der Waals surface area contributed by atoms with Gasteiger partial charge in [-0.3, -0.25) is 0 Å². The lowest BCUT2D eigenvalue weighted by molar-refractivity contribution is 0.282. The number of rotatable bonds is 1. The molecule has 9 heavy (non-hydrogen) atoms. The minimum atomic E-state index is 0. The zero-order chi connectivity index (χ0) is 5.82. The number of aliphatic hydroxyl groups is 1. The van der Waals surface area contributed by atoms with Gasteiger partial charge >= 0.3 is 0 Å². The summed E-state index contributed by atoms with van der Waals surface area (Å²) in [5, 5.41) is 8.54. The zero-order valence-electron chi connectivity index (χ0n) is 4.54. The van der Waals surface area contributed by atoms with E-state index in [1.807, 2.05) is 30.3 Å². The fraction of sp³-hybridized carbons (Fsp3) is 0.143. The summed E-state index contributed by atoms with van der Waals surface area (Å²) in [4.78, 5) is 0. The van der Waals surface area contributed by atoms with Crippen LogP contribution in [0.3, 0.4) is 0 Å². The van der Waals surface area contributed by atoms with Crippen molar-refractivity contribution in [2.75, 3.05) is 0 Å². The second kappa shape index (κ2) is 4.29. The molecule has 1 N–H and O–H groups in total. The normalized spacial score (nSPS) is 8.11. The van der Waals surface area contributed by atoms with Gasteiger partial charge in [0.2, 0.25) is 0 Å². The molecule has 0 heterocycles. The Hall–Kier alpha value is -0.603. The van der Waals surface area contributed by atoms with Crippen molar-refractivity contribution < 1.29 is 5.11 Å². The van der Waals surface area contributed by atoms with Crippen molar-refractivity contribution in [3.05, 3.63) is 35.9 Å². The fourth-order valence-corrected chi connectivity index (χ4v) is 0.583. The predicted molar refractivity (Wildman–Crippen MR) is 43.7 cm³/mol. The van der Waals surface area contributed by atoms with Crippen LogP contribution in [0.5, 0.6) is 0 Å². The van der Waals surface area contributed by atoms with Crippen molar-refractivity contribution >= 4 is 11.0 Å². The highest BCUT2D eigenvalue weighted by Gasteiger charge is 1.81. The van der Waals surface area contributed by atoms with Gasteiger partial charge in [-0.05, 0) is 16.5 Å². The van der Waals surface area contributed by atoms with E-state index in [9.17, 15) is 0 Å². The van der Waals surface area contributed by atoms with Crippen LogP contribution in [0.4, 0.5) is 0 Å². The second-order valence-electron chi connectivity index (χ2n) is 1.64. The van der Waals surface area contributed by atoms with E-state index in [1.165, 1.54) is 0 Å². The second-order valence-corrected chi connectivity index (χ2v) is 1.64. The van der Waals surface area contributed by atoms with Gasteiger partial charge in [0, 0.05) is 0 Å². The van der Waals surface area contributed by atoms with Crippen LogP contribution in [0.15, 0.2) is 30.3 Å². The van der Waals surface area contributed by atoms with Gasteiger partial charge in [-0.15, -0.1) is 0 Å². The highest BCUT2D eigenvalue weighted by Crippen LogP contribution is 1.95. The summed E-state index contributed by atoms with van der Waals surface area (Å²) in [6.07, 6.45) is 0. The van der Waals surface area contributed by atoms with E-state index >= 15 is 0 Å². The molecule has 0 bridgehead atoms. The highest BCUT2D eigenvalue weighted by molar-refractivity contribution is 5.75. The Balaban J connectivity index is 0.000000640. The first-order valence-electron chi connectivity index (χ1n) is 2.58. The van der Waals surface area contributed by atoms with Gasteiger partial charge < -0.3 is 5.11 Å². The summed E-state index contributed by atoms with van der Waals surface area (Å²) < 4.78 is 0. The lowest BCUT2D eigenvalue weighted by Crippen LogP contribution is -1.77. The number of hydrogen-bond donors (Lipinski definition) is 1. The molecule has 0 saturated heterocycles. The van der Waals surface area contributed by atoms with Gasteiger partial charge in [0.1, 0.15) is 0 Å². The molecule has 2 heteroatoms. The molecule has 1 aromatic carbocycles. The zero-order valence-corrected chi connectivity index (χ0v) is 4.54. The average Bonchev–Trinajstić information content (AvgIpc) is 1.90. The molecule has 0 aliphatic rings. The molecule has 0 radical (unpaired) electrons. The Kier molecular flexibility index (Phi) is 4.01. The van der Waals surface area contributed by atoms with Crippen molar-refractivity contribution in [1.29, 1.82) is 0 Å². The minimum Gasteiger partial charge on any atom is -0.392 e. The molecule has 1 aromatic rings. The van der Waals surface area contributed by atoms with Gasteiger partial charge in [0.15, 0.2) is 0 Å². The summed E-state index contributed by atoms with van der Waals surface area (Å²) in [7, 11) is 0. The van der Waals surface area contributed by atoms with E-state index in [-0.39, 0.29) is 17.6 Å². The van der Waals surface area contributed by atoms with Gasteiger partial charge in [-0.1, -0.05) is 30.3 Å². The monoisotopic (exact) mass is 140 g/mol. The molecule has 0 spiro atoms. The summed E-state index contributed by atoms with van der Waals surface area (Å²) in [6.45, 7) is 0.140. The van der Waals surface area contributed by atoms with Crippen molar-refractivity contribution in [2.45, 2.75) is 6.61 Å². The molecular formula is C7H12OSi. The molecule has 0 saturated carbocycles. The van der Waals surface area contributed by atoms with E-state index in [1.54, 1.807) is 0 Å². The number of aliphatic hydroxyl groups excluding tert-OH is 1. The molecule has 1 nitrogen and oxygen atoms in total. The first-order valence-corrected chi connectivity index (χ1v) is 2.58. The van der Waals surface area contributed by atoms with Crippen molar-refractivity contribution in [3.63, 3.8) is 0 Å². The van der Waals surface area contributed by atoms with Gasteiger partial charge in [-0.25, -0.2) is 0 Å². The first kappa shape index (κ1) is 8.40. The van der Waals surface area contributed by atoms with E-state index < -0.39 is 0 Å². The molecule has 1 rings (SSSR count). The Morgan fingerprint density at radius 3 is 2.00 bits per heavy atom. The molecule has 0 aliphatic carbocycles. The molecule has 0 aliphatic heterocycles. The standard InChI is InChI=1S/C7H8O.H4Si/c8-6-7-4-2-1-3-5-7;/h1-5,8H,6H2;1H4. The maximum absolute atomic E-state index is 8.54. The fourth-order valence-electron chi connectivity index (χ4n) is 0.583. The Morgan fingerprint density at radius 2 is 1.67 bits per heavy atom. The maximum atomic E-state index is 8.54. The van der Waals surface area contributed by atoms with E-state index in [0.29, 0.717) is 0 Å². The third-order valence-corrected chi connectivity index (χ3v) is 1.03. The predicted octanol–water partition coefficient (Wildman–Crippen LogP) is -0.273. The van der Waals surface area contributed by atoms with Crippen LogP contribution in [-0.2, 0) is 6.61 Å². The maximum Gasteiger partial charge on any atom is 0.0681 e. The van der Waals surface area contributed by atoms with Crippen molar-refractivity contribution in [2.24, 2.45) is 0 Å². The smallest absolute Gasteiger partial charge is 0.0681 e. The largest absolute Gasteiger partial charge is 0.392 e. The SMILES string of the molecule is OCc1ccccc1.[SiH4]. The van der Waals surface area contributed by atoms with Crippen molar-refractivity contribution in [1.82, 2.24) is 0 Å². The molecule has 50 valence electrons. The third-order valence-electron chi connectivity index (χ3n) is 1.03. The molecule has 0 unspecified atom stereocenters. The Morgan fingerprint density at radius 1 is 1.11 bits per heavy atom. The van der Waals surface area contributed by atoms with E-state index in [2.05, 4.69) is 0 Å². The molecule has 0 aromatic heterocycles. The quantitative estimate of drug-likeness (QED) is 0.532. The molecular weight excluding hydrogens is 128 g/mol. The lowest BCUT2D eigenvalue weighted by atomic mass is 10.2. The van der Waals surface area contributed by atoms with Gasteiger partial charge in [-0.2, -0.15) is 0 Å². The summed E-state index contributed by atoms with van der Waals surface area (Å²) in [6, 6.07) is 9.52. The lowest BCUT2D eigenvalue weighted by Gasteiger charge is -1.89. The molecule has 0 atom stereocenters. The summed E-state index contributed by atoms with van der Waals surface area (Å²) >= 11 is 0. The summed E-state index contributed by atoms with van der Waals surface area (Å²) in [5.41, 5.74) is 0.965. The number of benzene rings is 1. The summed E-state index contributed by atoms with van der Waals surface area (Å²) in [5.74, 6) is 0. The van der Waals surface area contributed by atoms with Crippen LogP contribution in [0.1, 0.15) is 5.56 Å². The molecule has 0 amide bonds. The topological polar surface area (TPSA) is 20.2 Å². The van der Waals surface area contributed by atoms with Crippen molar-refractivity contribution in [3.8, 4) is 0 Å². The van der Waals surface area contributed by atoms with Crippen LogP contribution in [0, 0.1) is 0 Å². The van der Waals surface area contributed by atoms with E-state index in [4.69, 9.17) is 5.11 Å². The average molecular weight is 140 g/mol. The Bertz CT molecular complexity index is 150. The van der Waals surface area contributed by atoms with Gasteiger partial charge in [0.05, 0.1) is 6.61 Å².